The molecule has 0 radical (unpaired) electrons. The third-order valence-corrected chi connectivity index (χ3v) is 5.00. The summed E-state index contributed by atoms with van der Waals surface area (Å²) in [5.74, 6) is 3.03. The summed E-state index contributed by atoms with van der Waals surface area (Å²) in [5, 5.41) is 6.83. The minimum Gasteiger partial charge on any atom is -0.497 e. The molecule has 7 heteroatoms. The molecule has 1 fully saturated rings. The molecular formula is C22H38IN3O3. The van der Waals surface area contributed by atoms with Crippen LogP contribution in [0.2, 0.25) is 0 Å². The van der Waals surface area contributed by atoms with Crippen molar-refractivity contribution in [3.8, 4) is 11.5 Å². The Morgan fingerprint density at radius 1 is 1.17 bits per heavy atom. The van der Waals surface area contributed by atoms with Crippen LogP contribution in [0.25, 0.3) is 0 Å². The zero-order chi connectivity index (χ0) is 20.4. The van der Waals surface area contributed by atoms with E-state index in [4.69, 9.17) is 14.2 Å². The number of benzene rings is 1. The van der Waals surface area contributed by atoms with Crippen molar-refractivity contribution in [3.63, 3.8) is 0 Å². The van der Waals surface area contributed by atoms with Gasteiger partial charge in [0.05, 0.1) is 19.8 Å². The predicted octanol–water partition coefficient (Wildman–Crippen LogP) is 4.09. The normalized spacial score (nSPS) is 19.8. The molecule has 29 heavy (non-hydrogen) atoms. The average molecular weight is 519 g/mol. The number of methoxy groups -OCH3 is 1. The van der Waals surface area contributed by atoms with Crippen LogP contribution < -0.4 is 20.1 Å². The van der Waals surface area contributed by atoms with Gasteiger partial charge in [0.1, 0.15) is 11.5 Å². The maximum atomic E-state index is 6.07. The standard InChI is InChI=1S/C22H37N3O3.HI/c1-22(2,3)20-17(8-6-14-28-20)16-25-21(23-4)24-13-7-15-27-19-11-9-18(26-5)10-12-19;/h9-12,17,20H,6-8,13-16H2,1-5H3,(H2,23,24,25);1H. The van der Waals surface area contributed by atoms with Crippen molar-refractivity contribution < 1.29 is 14.2 Å². The highest BCUT2D eigenvalue weighted by molar-refractivity contribution is 14.0. The van der Waals surface area contributed by atoms with Crippen LogP contribution in [0, 0.1) is 11.3 Å². The zero-order valence-electron chi connectivity index (χ0n) is 18.5. The van der Waals surface area contributed by atoms with Crippen LogP contribution in [0.1, 0.15) is 40.0 Å². The van der Waals surface area contributed by atoms with Gasteiger partial charge < -0.3 is 24.8 Å². The second-order valence-electron chi connectivity index (χ2n) is 8.32. The van der Waals surface area contributed by atoms with Gasteiger partial charge >= 0.3 is 0 Å². The highest BCUT2D eigenvalue weighted by atomic mass is 127. The molecule has 1 saturated heterocycles. The molecule has 2 atom stereocenters. The molecule has 1 aromatic carbocycles. The van der Waals surface area contributed by atoms with Gasteiger partial charge in [-0.15, -0.1) is 24.0 Å². The maximum absolute atomic E-state index is 6.07. The lowest BCUT2D eigenvalue weighted by molar-refractivity contribution is -0.0835. The molecule has 0 aliphatic carbocycles. The van der Waals surface area contributed by atoms with E-state index in [2.05, 4.69) is 36.4 Å². The summed E-state index contributed by atoms with van der Waals surface area (Å²) in [7, 11) is 3.47. The lowest BCUT2D eigenvalue weighted by atomic mass is 9.78. The summed E-state index contributed by atoms with van der Waals surface area (Å²) >= 11 is 0. The molecule has 1 aliphatic heterocycles. The van der Waals surface area contributed by atoms with Gasteiger partial charge in [0.15, 0.2) is 5.96 Å². The van der Waals surface area contributed by atoms with Gasteiger partial charge in [0.2, 0.25) is 0 Å². The van der Waals surface area contributed by atoms with E-state index >= 15 is 0 Å². The van der Waals surface area contributed by atoms with E-state index in [9.17, 15) is 0 Å². The van der Waals surface area contributed by atoms with Crippen molar-refractivity contribution >= 4 is 29.9 Å². The van der Waals surface area contributed by atoms with Crippen LogP contribution in [-0.2, 0) is 4.74 Å². The first kappa shape index (κ1) is 25.8. The Morgan fingerprint density at radius 2 is 1.86 bits per heavy atom. The largest absolute Gasteiger partial charge is 0.497 e. The van der Waals surface area contributed by atoms with Crippen molar-refractivity contribution in [2.75, 3.05) is 40.5 Å². The molecule has 166 valence electrons. The highest BCUT2D eigenvalue weighted by Gasteiger charge is 2.35. The Hall–Kier alpha value is -1.22. The van der Waals surface area contributed by atoms with E-state index in [0.717, 1.165) is 50.0 Å². The van der Waals surface area contributed by atoms with E-state index in [1.165, 1.54) is 6.42 Å². The maximum Gasteiger partial charge on any atom is 0.190 e. The summed E-state index contributed by atoms with van der Waals surface area (Å²) in [6, 6.07) is 7.65. The minimum absolute atomic E-state index is 0. The molecule has 1 aromatic rings. The average Bonchev–Trinajstić information content (AvgIpc) is 2.70. The van der Waals surface area contributed by atoms with Crippen molar-refractivity contribution in [3.05, 3.63) is 24.3 Å². The Bertz CT molecular complexity index is 602. The number of nitrogens with zero attached hydrogens (tertiary/aromatic N) is 1. The van der Waals surface area contributed by atoms with Crippen molar-refractivity contribution in [2.24, 2.45) is 16.3 Å². The number of hydrogen-bond donors (Lipinski definition) is 2. The molecule has 2 rings (SSSR count). The van der Waals surface area contributed by atoms with Crippen LogP contribution in [0.4, 0.5) is 0 Å². The number of rotatable bonds is 8. The zero-order valence-corrected chi connectivity index (χ0v) is 20.8. The fourth-order valence-electron chi connectivity index (χ4n) is 3.60. The summed E-state index contributed by atoms with van der Waals surface area (Å²) < 4.78 is 17.0. The Morgan fingerprint density at radius 3 is 2.48 bits per heavy atom. The van der Waals surface area contributed by atoms with E-state index in [0.29, 0.717) is 12.5 Å². The number of nitrogens with one attached hydrogen (secondary N) is 2. The minimum atomic E-state index is 0. The Kier molecular flexibility index (Phi) is 11.7. The van der Waals surface area contributed by atoms with Gasteiger partial charge in [0.25, 0.3) is 0 Å². The molecule has 0 aromatic heterocycles. The van der Waals surface area contributed by atoms with Crippen molar-refractivity contribution in [1.82, 2.24) is 10.6 Å². The van der Waals surface area contributed by atoms with Gasteiger partial charge in [0, 0.05) is 32.7 Å². The third-order valence-electron chi connectivity index (χ3n) is 5.00. The smallest absolute Gasteiger partial charge is 0.190 e. The second-order valence-corrected chi connectivity index (χ2v) is 8.32. The van der Waals surface area contributed by atoms with E-state index < -0.39 is 0 Å². The SMILES string of the molecule is CN=C(NCCCOc1ccc(OC)cc1)NCC1CCCOC1C(C)(C)C.I. The van der Waals surface area contributed by atoms with Gasteiger partial charge in [-0.2, -0.15) is 0 Å². The molecule has 1 heterocycles. The number of guanidine groups is 1. The third kappa shape index (κ3) is 8.99. The number of aliphatic imine (C=N–C) groups is 1. The lowest BCUT2D eigenvalue weighted by Crippen LogP contribution is -2.47. The number of halogens is 1. The molecule has 0 amide bonds. The van der Waals surface area contributed by atoms with Crippen LogP contribution in [0.15, 0.2) is 29.3 Å². The monoisotopic (exact) mass is 519 g/mol. The Balaban J connectivity index is 0.00000420. The molecule has 6 nitrogen and oxygen atoms in total. The highest BCUT2D eigenvalue weighted by Crippen LogP contribution is 2.33. The summed E-state index contributed by atoms with van der Waals surface area (Å²) in [5.41, 5.74) is 0.155. The second kappa shape index (κ2) is 13.2. The van der Waals surface area contributed by atoms with E-state index in [1.807, 2.05) is 31.3 Å². The molecular weight excluding hydrogens is 481 g/mol. The van der Waals surface area contributed by atoms with Gasteiger partial charge in [-0.3, -0.25) is 4.99 Å². The van der Waals surface area contributed by atoms with Gasteiger partial charge in [-0.25, -0.2) is 0 Å². The molecule has 0 saturated carbocycles. The van der Waals surface area contributed by atoms with Crippen LogP contribution in [-0.4, -0.2) is 52.5 Å². The van der Waals surface area contributed by atoms with Crippen molar-refractivity contribution in [2.45, 2.75) is 46.1 Å². The quantitative estimate of drug-likeness (QED) is 0.235. The van der Waals surface area contributed by atoms with Gasteiger partial charge in [-0.05, 0) is 48.9 Å². The molecule has 2 N–H and O–H groups in total. The summed E-state index contributed by atoms with van der Waals surface area (Å²) in [4.78, 5) is 4.33. The van der Waals surface area contributed by atoms with Crippen LogP contribution in [0.5, 0.6) is 11.5 Å². The fraction of sp³-hybridized carbons (Fsp3) is 0.682. The predicted molar refractivity (Wildman–Crippen MR) is 130 cm³/mol. The first-order valence-corrected chi connectivity index (χ1v) is 10.3. The first-order valence-electron chi connectivity index (χ1n) is 10.3. The van der Waals surface area contributed by atoms with E-state index in [1.54, 1.807) is 7.11 Å². The summed E-state index contributed by atoms with van der Waals surface area (Å²) in [6.07, 6.45) is 3.50. The fourth-order valence-corrected chi connectivity index (χ4v) is 3.60. The van der Waals surface area contributed by atoms with Crippen LogP contribution in [0.3, 0.4) is 0 Å². The molecule has 0 spiro atoms. The first-order chi connectivity index (χ1) is 13.4. The van der Waals surface area contributed by atoms with Crippen LogP contribution >= 0.6 is 24.0 Å². The number of hydrogen-bond acceptors (Lipinski definition) is 4. The summed E-state index contributed by atoms with van der Waals surface area (Å²) in [6.45, 7) is 9.98. The van der Waals surface area contributed by atoms with E-state index in [-0.39, 0.29) is 35.5 Å². The van der Waals surface area contributed by atoms with Crippen molar-refractivity contribution in [1.29, 1.82) is 0 Å². The molecule has 0 bridgehead atoms. The molecule has 1 aliphatic rings. The molecule has 2 unspecified atom stereocenters. The topological polar surface area (TPSA) is 64.1 Å². The van der Waals surface area contributed by atoms with Gasteiger partial charge in [-0.1, -0.05) is 20.8 Å². The lowest BCUT2D eigenvalue weighted by Gasteiger charge is -2.40. The Labute approximate surface area is 193 Å². The number of ether oxygens (including phenoxy) is 3.